The maximum Gasteiger partial charge on any atom is 0.319 e. The Morgan fingerprint density at radius 3 is 2.56 bits per heavy atom. The van der Waals surface area contributed by atoms with Gasteiger partial charge in [0.2, 0.25) is 0 Å². The molecule has 1 heterocycles. The highest BCUT2D eigenvalue weighted by atomic mass is 35.5. The molecule has 0 aliphatic rings. The number of nitrogens with zero attached hydrogens (tertiary/aromatic N) is 2. The van der Waals surface area contributed by atoms with Crippen LogP contribution >= 0.6 is 11.6 Å². The summed E-state index contributed by atoms with van der Waals surface area (Å²) in [6.07, 6.45) is 0. The van der Waals surface area contributed by atoms with Gasteiger partial charge in [-0.3, -0.25) is 4.79 Å². The molecule has 2 rings (SSSR count). The second-order valence-corrected chi connectivity index (χ2v) is 6.48. The van der Waals surface area contributed by atoms with Crippen molar-refractivity contribution < 1.29 is 14.1 Å². The van der Waals surface area contributed by atoms with Crippen molar-refractivity contribution in [3.63, 3.8) is 0 Å². The van der Waals surface area contributed by atoms with E-state index in [-0.39, 0.29) is 23.4 Å². The van der Waals surface area contributed by atoms with Crippen molar-refractivity contribution in [2.75, 3.05) is 19.4 Å². The highest BCUT2D eigenvalue weighted by Gasteiger charge is 2.14. The summed E-state index contributed by atoms with van der Waals surface area (Å²) in [5.41, 5.74) is 1.51. The Kier molecular flexibility index (Phi) is 6.03. The Labute approximate surface area is 151 Å². The SMILES string of the molecule is CC(C)c1cc(CNC(=O)Nc2ccc(C(=O)N(C)C)c(Cl)c2)no1. The molecule has 8 heteroatoms. The second-order valence-electron chi connectivity index (χ2n) is 6.08. The van der Waals surface area contributed by atoms with Gasteiger partial charge in [-0.05, 0) is 18.2 Å². The van der Waals surface area contributed by atoms with E-state index < -0.39 is 6.03 Å². The minimum Gasteiger partial charge on any atom is -0.361 e. The third-order valence-corrected chi connectivity index (χ3v) is 3.75. The fraction of sp³-hybridized carbons (Fsp3) is 0.353. The van der Waals surface area contributed by atoms with E-state index in [1.165, 1.54) is 11.0 Å². The first-order valence-corrected chi connectivity index (χ1v) is 8.17. The fourth-order valence-corrected chi connectivity index (χ4v) is 2.30. The van der Waals surface area contributed by atoms with Gasteiger partial charge in [-0.2, -0.15) is 0 Å². The zero-order chi connectivity index (χ0) is 18.6. The molecule has 0 spiro atoms. The van der Waals surface area contributed by atoms with E-state index in [0.29, 0.717) is 16.9 Å². The molecule has 2 N–H and O–H groups in total. The molecule has 0 aliphatic carbocycles. The van der Waals surface area contributed by atoms with Crippen molar-refractivity contribution in [1.82, 2.24) is 15.4 Å². The molecule has 134 valence electrons. The van der Waals surface area contributed by atoms with Crippen LogP contribution in [-0.4, -0.2) is 36.1 Å². The van der Waals surface area contributed by atoms with Crippen LogP contribution in [0.4, 0.5) is 10.5 Å². The zero-order valence-electron chi connectivity index (χ0n) is 14.6. The van der Waals surface area contributed by atoms with E-state index in [0.717, 1.165) is 5.76 Å². The number of hydrogen-bond donors (Lipinski definition) is 2. The van der Waals surface area contributed by atoms with Gasteiger partial charge in [-0.15, -0.1) is 0 Å². The largest absolute Gasteiger partial charge is 0.361 e. The van der Waals surface area contributed by atoms with Crippen LogP contribution in [0.15, 0.2) is 28.8 Å². The molecule has 0 aliphatic heterocycles. The van der Waals surface area contributed by atoms with Crippen LogP contribution in [0, 0.1) is 0 Å². The number of carbonyl (C=O) groups is 2. The first-order chi connectivity index (χ1) is 11.8. The summed E-state index contributed by atoms with van der Waals surface area (Å²) in [4.78, 5) is 25.3. The lowest BCUT2D eigenvalue weighted by atomic mass is 10.1. The zero-order valence-corrected chi connectivity index (χ0v) is 15.3. The van der Waals surface area contributed by atoms with Gasteiger partial charge in [0.1, 0.15) is 11.5 Å². The minimum atomic E-state index is -0.406. The van der Waals surface area contributed by atoms with Crippen molar-refractivity contribution in [3.8, 4) is 0 Å². The van der Waals surface area contributed by atoms with E-state index in [1.807, 2.05) is 19.9 Å². The number of anilines is 1. The van der Waals surface area contributed by atoms with Gasteiger partial charge < -0.3 is 20.1 Å². The summed E-state index contributed by atoms with van der Waals surface area (Å²) in [7, 11) is 3.29. The van der Waals surface area contributed by atoms with Gasteiger partial charge in [0.05, 0.1) is 17.1 Å². The number of carbonyl (C=O) groups excluding carboxylic acids is 2. The standard InChI is InChI=1S/C17H21ClN4O3/c1-10(2)15-8-12(21-25-15)9-19-17(24)20-11-5-6-13(14(18)7-11)16(23)22(3)4/h5-8,10H,9H2,1-4H3,(H2,19,20,24). The number of urea groups is 1. The van der Waals surface area contributed by atoms with Gasteiger partial charge in [0.25, 0.3) is 5.91 Å². The Bertz CT molecular complexity index is 771. The minimum absolute atomic E-state index is 0.201. The number of rotatable bonds is 5. The molecule has 0 fully saturated rings. The van der Waals surface area contributed by atoms with Crippen molar-refractivity contribution in [2.24, 2.45) is 0 Å². The van der Waals surface area contributed by atoms with Crippen LogP contribution in [0.1, 0.15) is 41.6 Å². The van der Waals surface area contributed by atoms with Crippen molar-refractivity contribution in [2.45, 2.75) is 26.3 Å². The highest BCUT2D eigenvalue weighted by Crippen LogP contribution is 2.22. The van der Waals surface area contributed by atoms with E-state index in [9.17, 15) is 9.59 Å². The van der Waals surface area contributed by atoms with E-state index in [4.69, 9.17) is 16.1 Å². The fourth-order valence-electron chi connectivity index (χ4n) is 2.04. The first-order valence-electron chi connectivity index (χ1n) is 7.79. The Hall–Kier alpha value is -2.54. The van der Waals surface area contributed by atoms with Crippen molar-refractivity contribution >= 4 is 29.2 Å². The van der Waals surface area contributed by atoms with Gasteiger partial charge in [0.15, 0.2) is 0 Å². The van der Waals surface area contributed by atoms with Crippen LogP contribution in [-0.2, 0) is 6.54 Å². The second kappa shape index (κ2) is 8.02. The molecule has 2 aromatic rings. The van der Waals surface area contributed by atoms with Crippen LogP contribution in [0.25, 0.3) is 0 Å². The summed E-state index contributed by atoms with van der Waals surface area (Å²) in [6.45, 7) is 4.24. The molecule has 7 nitrogen and oxygen atoms in total. The predicted molar refractivity (Wildman–Crippen MR) is 95.9 cm³/mol. The maximum atomic E-state index is 12.0. The van der Waals surface area contributed by atoms with E-state index >= 15 is 0 Å². The van der Waals surface area contributed by atoms with Gasteiger partial charge in [-0.1, -0.05) is 30.6 Å². The van der Waals surface area contributed by atoms with Gasteiger partial charge in [0, 0.05) is 31.8 Å². The molecular formula is C17H21ClN4O3. The Morgan fingerprint density at radius 2 is 2.00 bits per heavy atom. The van der Waals surface area contributed by atoms with Crippen LogP contribution < -0.4 is 10.6 Å². The van der Waals surface area contributed by atoms with Gasteiger partial charge in [-0.25, -0.2) is 4.79 Å². The smallest absolute Gasteiger partial charge is 0.319 e. The average molecular weight is 365 g/mol. The van der Waals surface area contributed by atoms with Crippen molar-refractivity contribution in [1.29, 1.82) is 0 Å². The topological polar surface area (TPSA) is 87.5 Å². The monoisotopic (exact) mass is 364 g/mol. The number of amides is 3. The number of benzene rings is 1. The first kappa shape index (κ1) is 18.8. The van der Waals surface area contributed by atoms with Crippen molar-refractivity contribution in [3.05, 3.63) is 46.3 Å². The molecule has 3 amide bonds. The normalized spacial score (nSPS) is 10.6. The predicted octanol–water partition coefficient (Wildman–Crippen LogP) is 3.47. The highest BCUT2D eigenvalue weighted by molar-refractivity contribution is 6.34. The number of hydrogen-bond acceptors (Lipinski definition) is 4. The molecule has 0 radical (unpaired) electrons. The average Bonchev–Trinajstić information content (AvgIpc) is 3.01. The van der Waals surface area contributed by atoms with E-state index in [1.54, 1.807) is 26.2 Å². The molecule has 0 atom stereocenters. The summed E-state index contributed by atoms with van der Waals surface area (Å²) in [6, 6.07) is 6.13. The molecule has 1 aromatic heterocycles. The molecule has 0 saturated heterocycles. The molecule has 0 unspecified atom stereocenters. The third kappa shape index (κ3) is 4.96. The van der Waals surface area contributed by atoms with E-state index in [2.05, 4.69) is 15.8 Å². The lowest BCUT2D eigenvalue weighted by Crippen LogP contribution is -2.28. The maximum absolute atomic E-state index is 12.0. The molecule has 1 aromatic carbocycles. The summed E-state index contributed by atoms with van der Waals surface area (Å²) >= 11 is 6.12. The number of nitrogens with one attached hydrogen (secondary N) is 2. The Balaban J connectivity index is 1.93. The molecule has 25 heavy (non-hydrogen) atoms. The van der Waals surface area contributed by atoms with Gasteiger partial charge >= 0.3 is 6.03 Å². The lowest BCUT2D eigenvalue weighted by molar-refractivity contribution is 0.0828. The summed E-state index contributed by atoms with van der Waals surface area (Å²) in [5.74, 6) is 0.804. The summed E-state index contributed by atoms with van der Waals surface area (Å²) in [5, 5.41) is 9.51. The molecule has 0 saturated carbocycles. The third-order valence-electron chi connectivity index (χ3n) is 3.44. The Morgan fingerprint density at radius 1 is 1.28 bits per heavy atom. The number of aromatic nitrogens is 1. The molecule has 0 bridgehead atoms. The number of halogens is 1. The van der Waals surface area contributed by atoms with Crippen LogP contribution in [0.5, 0.6) is 0 Å². The quantitative estimate of drug-likeness (QED) is 0.850. The van der Waals surface area contributed by atoms with Crippen LogP contribution in [0.2, 0.25) is 5.02 Å². The molecular weight excluding hydrogens is 344 g/mol. The van der Waals surface area contributed by atoms with Crippen LogP contribution in [0.3, 0.4) is 0 Å². The lowest BCUT2D eigenvalue weighted by Gasteiger charge is -2.13. The summed E-state index contributed by atoms with van der Waals surface area (Å²) < 4.78 is 5.17.